The van der Waals surface area contributed by atoms with Gasteiger partial charge in [-0.25, -0.2) is 0 Å². The number of methoxy groups -OCH3 is 1. The highest BCUT2D eigenvalue weighted by Crippen LogP contribution is 2.25. The van der Waals surface area contributed by atoms with Crippen LogP contribution < -0.4 is 0 Å². The van der Waals surface area contributed by atoms with Crippen molar-refractivity contribution >= 4 is 5.91 Å². The number of carbonyl (C=O) groups excluding carboxylic acids is 1. The minimum atomic E-state index is 0.102. The second-order valence-corrected chi connectivity index (χ2v) is 6.38. The van der Waals surface area contributed by atoms with E-state index in [1.165, 1.54) is 5.56 Å². The van der Waals surface area contributed by atoms with Crippen molar-refractivity contribution in [1.82, 2.24) is 9.80 Å². The van der Waals surface area contributed by atoms with Gasteiger partial charge in [0.05, 0.1) is 0 Å². The molecule has 1 saturated heterocycles. The Kier molecular flexibility index (Phi) is 6.40. The molecule has 0 bridgehead atoms. The van der Waals surface area contributed by atoms with E-state index in [1.807, 2.05) is 4.90 Å². The summed E-state index contributed by atoms with van der Waals surface area (Å²) >= 11 is 0. The highest BCUT2D eigenvalue weighted by atomic mass is 16.5. The molecule has 4 heteroatoms. The van der Waals surface area contributed by atoms with Gasteiger partial charge in [0.2, 0.25) is 5.91 Å². The van der Waals surface area contributed by atoms with Gasteiger partial charge in [-0.15, -0.1) is 0 Å². The van der Waals surface area contributed by atoms with Crippen LogP contribution in [0.3, 0.4) is 0 Å². The van der Waals surface area contributed by atoms with E-state index in [4.69, 9.17) is 4.74 Å². The van der Waals surface area contributed by atoms with Crippen LogP contribution in [0, 0.1) is 5.92 Å². The summed E-state index contributed by atoms with van der Waals surface area (Å²) < 4.78 is 4.93. The van der Waals surface area contributed by atoms with Crippen LogP contribution >= 0.6 is 0 Å². The maximum Gasteiger partial charge on any atom is 0.248 e. The van der Waals surface area contributed by atoms with Gasteiger partial charge in [0.15, 0.2) is 0 Å². The molecule has 0 aliphatic carbocycles. The zero-order valence-electron chi connectivity index (χ0n) is 14.0. The number of piperazine rings is 1. The number of ether oxygens (including phenoxy) is 1. The molecule has 1 aromatic rings. The van der Waals surface area contributed by atoms with E-state index in [9.17, 15) is 4.79 Å². The fourth-order valence-corrected chi connectivity index (χ4v) is 3.07. The fraction of sp³-hybridized carbons (Fsp3) is 0.611. The highest BCUT2D eigenvalue weighted by molar-refractivity contribution is 5.77. The van der Waals surface area contributed by atoms with Crippen molar-refractivity contribution in [2.75, 3.05) is 46.4 Å². The molecule has 1 atom stereocenters. The molecule has 2 rings (SSSR count). The van der Waals surface area contributed by atoms with Crippen LogP contribution in [-0.2, 0) is 9.53 Å². The van der Waals surface area contributed by atoms with E-state index in [0.717, 1.165) is 32.7 Å². The molecule has 0 aromatic heterocycles. The van der Waals surface area contributed by atoms with E-state index in [0.29, 0.717) is 11.8 Å². The van der Waals surface area contributed by atoms with Gasteiger partial charge in [0.1, 0.15) is 6.61 Å². The van der Waals surface area contributed by atoms with Crippen LogP contribution in [0.15, 0.2) is 30.3 Å². The first-order valence-electron chi connectivity index (χ1n) is 8.15. The average Bonchev–Trinajstić information content (AvgIpc) is 2.54. The summed E-state index contributed by atoms with van der Waals surface area (Å²) in [6.45, 7) is 9.35. The molecule has 1 heterocycles. The molecule has 0 radical (unpaired) electrons. The van der Waals surface area contributed by atoms with Crippen molar-refractivity contribution in [2.24, 2.45) is 5.92 Å². The van der Waals surface area contributed by atoms with Crippen molar-refractivity contribution in [1.29, 1.82) is 0 Å². The van der Waals surface area contributed by atoms with E-state index < -0.39 is 0 Å². The Morgan fingerprint density at radius 1 is 1.14 bits per heavy atom. The minimum absolute atomic E-state index is 0.102. The van der Waals surface area contributed by atoms with Crippen LogP contribution in [-0.4, -0.2) is 62.1 Å². The molecule has 122 valence electrons. The summed E-state index contributed by atoms with van der Waals surface area (Å²) in [6, 6.07) is 10.8. The molecular formula is C18H28N2O2. The second kappa shape index (κ2) is 8.30. The molecule has 1 fully saturated rings. The molecule has 1 aromatic carbocycles. The first kappa shape index (κ1) is 17.0. The van der Waals surface area contributed by atoms with Gasteiger partial charge in [0.25, 0.3) is 0 Å². The fourth-order valence-electron chi connectivity index (χ4n) is 3.07. The molecule has 1 amide bonds. The largest absolute Gasteiger partial charge is 0.375 e. The summed E-state index contributed by atoms with van der Waals surface area (Å²) in [5.74, 6) is 1.25. The summed E-state index contributed by atoms with van der Waals surface area (Å²) in [6.07, 6.45) is 0. The third kappa shape index (κ3) is 4.55. The predicted octanol–water partition coefficient (Wildman–Crippen LogP) is 2.22. The Morgan fingerprint density at radius 2 is 1.77 bits per heavy atom. The third-order valence-electron chi connectivity index (χ3n) is 4.48. The minimum Gasteiger partial charge on any atom is -0.375 e. The zero-order valence-corrected chi connectivity index (χ0v) is 14.0. The normalized spacial score (nSPS) is 17.7. The number of benzene rings is 1. The predicted molar refractivity (Wildman–Crippen MR) is 88.9 cm³/mol. The van der Waals surface area contributed by atoms with E-state index in [1.54, 1.807) is 7.11 Å². The van der Waals surface area contributed by atoms with Gasteiger partial charge in [-0.1, -0.05) is 44.2 Å². The van der Waals surface area contributed by atoms with Crippen LogP contribution in [0.2, 0.25) is 0 Å². The Labute approximate surface area is 134 Å². The molecule has 0 saturated carbocycles. The Balaban J connectivity index is 1.89. The number of hydrogen-bond acceptors (Lipinski definition) is 3. The molecule has 4 nitrogen and oxygen atoms in total. The first-order chi connectivity index (χ1) is 10.6. The van der Waals surface area contributed by atoms with Crippen molar-refractivity contribution in [2.45, 2.75) is 19.8 Å². The second-order valence-electron chi connectivity index (χ2n) is 6.38. The maximum absolute atomic E-state index is 11.8. The van der Waals surface area contributed by atoms with Crippen LogP contribution in [0.5, 0.6) is 0 Å². The van der Waals surface area contributed by atoms with Crippen molar-refractivity contribution in [3.05, 3.63) is 35.9 Å². The highest BCUT2D eigenvalue weighted by Gasteiger charge is 2.24. The smallest absolute Gasteiger partial charge is 0.248 e. The summed E-state index contributed by atoms with van der Waals surface area (Å²) in [5.41, 5.74) is 1.41. The SMILES string of the molecule is COCC(=O)N1CCN(C[C@@H](c2ccccc2)C(C)C)CC1. The van der Waals surface area contributed by atoms with Crippen LogP contribution in [0.1, 0.15) is 25.3 Å². The van der Waals surface area contributed by atoms with Crippen molar-refractivity contribution < 1.29 is 9.53 Å². The average molecular weight is 304 g/mol. The lowest BCUT2D eigenvalue weighted by Crippen LogP contribution is -2.50. The quantitative estimate of drug-likeness (QED) is 0.808. The lowest BCUT2D eigenvalue weighted by Gasteiger charge is -2.37. The summed E-state index contributed by atoms with van der Waals surface area (Å²) in [5, 5.41) is 0. The molecule has 1 aliphatic rings. The third-order valence-corrected chi connectivity index (χ3v) is 4.48. The lowest BCUT2D eigenvalue weighted by atomic mass is 9.88. The summed E-state index contributed by atoms with van der Waals surface area (Å²) in [7, 11) is 1.57. The number of rotatable bonds is 6. The maximum atomic E-state index is 11.8. The first-order valence-corrected chi connectivity index (χ1v) is 8.15. The topological polar surface area (TPSA) is 32.8 Å². The molecular weight excluding hydrogens is 276 g/mol. The number of amides is 1. The summed E-state index contributed by atoms with van der Waals surface area (Å²) in [4.78, 5) is 16.2. The molecule has 1 aliphatic heterocycles. The van der Waals surface area contributed by atoms with Gasteiger partial charge in [0, 0.05) is 39.8 Å². The number of carbonyl (C=O) groups is 1. The molecule has 22 heavy (non-hydrogen) atoms. The number of nitrogens with zero attached hydrogens (tertiary/aromatic N) is 2. The zero-order chi connectivity index (χ0) is 15.9. The van der Waals surface area contributed by atoms with E-state index in [2.05, 4.69) is 49.1 Å². The standard InChI is InChI=1S/C18H28N2O2/c1-15(2)17(16-7-5-4-6-8-16)13-19-9-11-20(12-10-19)18(21)14-22-3/h4-8,15,17H,9-14H2,1-3H3/t17-/m1/s1. The number of hydrogen-bond donors (Lipinski definition) is 0. The van der Waals surface area contributed by atoms with Crippen LogP contribution in [0.25, 0.3) is 0 Å². The van der Waals surface area contributed by atoms with Gasteiger partial charge < -0.3 is 9.64 Å². The Hall–Kier alpha value is -1.39. The van der Waals surface area contributed by atoms with Gasteiger partial charge in [-0.2, -0.15) is 0 Å². The van der Waals surface area contributed by atoms with Crippen molar-refractivity contribution in [3.8, 4) is 0 Å². The Morgan fingerprint density at radius 3 is 2.32 bits per heavy atom. The van der Waals surface area contributed by atoms with Gasteiger partial charge in [-0.3, -0.25) is 9.69 Å². The molecule has 0 N–H and O–H groups in total. The molecule has 0 unspecified atom stereocenters. The van der Waals surface area contributed by atoms with Gasteiger partial charge >= 0.3 is 0 Å². The van der Waals surface area contributed by atoms with E-state index in [-0.39, 0.29) is 12.5 Å². The monoisotopic (exact) mass is 304 g/mol. The van der Waals surface area contributed by atoms with Gasteiger partial charge in [-0.05, 0) is 17.4 Å². The lowest BCUT2D eigenvalue weighted by molar-refractivity contribution is -0.136. The molecule has 0 spiro atoms. The van der Waals surface area contributed by atoms with E-state index >= 15 is 0 Å². The van der Waals surface area contributed by atoms with Crippen molar-refractivity contribution in [3.63, 3.8) is 0 Å². The Bertz CT molecular complexity index is 453. The van der Waals surface area contributed by atoms with Crippen LogP contribution in [0.4, 0.5) is 0 Å².